The van der Waals surface area contributed by atoms with Crippen LogP contribution in [0, 0.1) is 0 Å². The highest BCUT2D eigenvalue weighted by molar-refractivity contribution is 6.06. The van der Waals surface area contributed by atoms with E-state index in [0.717, 1.165) is 55.7 Å². The third-order valence-corrected chi connectivity index (χ3v) is 10.7. The number of rotatable bonds is 8. The van der Waals surface area contributed by atoms with E-state index in [1.807, 2.05) is 12.1 Å². The maximum Gasteiger partial charge on any atom is 0.137 e. The minimum atomic E-state index is 0.859. The van der Waals surface area contributed by atoms with Crippen LogP contribution in [-0.2, 0) is 0 Å². The van der Waals surface area contributed by atoms with Gasteiger partial charge in [-0.3, -0.25) is 0 Å². The molecule has 0 fully saturated rings. The molecule has 0 spiro atoms. The molecule has 2 heteroatoms. The summed E-state index contributed by atoms with van der Waals surface area (Å²) in [5.74, 6) is 0. The number of hydrogen-bond acceptors (Lipinski definition) is 2. The lowest BCUT2D eigenvalue weighted by Crippen LogP contribution is -2.11. The molecule has 56 heavy (non-hydrogen) atoms. The molecule has 264 valence electrons. The summed E-state index contributed by atoms with van der Waals surface area (Å²) in [5.41, 5.74) is 16.7. The zero-order valence-electron chi connectivity index (χ0n) is 30.7. The second kappa shape index (κ2) is 14.4. The molecule has 0 unspecified atom stereocenters. The minimum absolute atomic E-state index is 0.859. The maximum absolute atomic E-state index is 6.46. The summed E-state index contributed by atoms with van der Waals surface area (Å²) in [5, 5.41) is 2.23. The van der Waals surface area contributed by atoms with Gasteiger partial charge in [0.25, 0.3) is 0 Å². The van der Waals surface area contributed by atoms with Crippen LogP contribution in [0.25, 0.3) is 77.6 Å². The van der Waals surface area contributed by atoms with Gasteiger partial charge in [-0.1, -0.05) is 176 Å². The Morgan fingerprint density at radius 1 is 0.268 bits per heavy atom. The SMILES string of the molecule is c1ccc(-c2cccc(-c3ccc(N(c4ccc5c(c4)oc4ccccc45)c4ccccc4-c4ccccc4-c4ccccc4-c4ccccc4)cc3)c2)cc1. The lowest BCUT2D eigenvalue weighted by molar-refractivity contribution is 0.669. The molecule has 0 bridgehead atoms. The Kier molecular flexibility index (Phi) is 8.55. The molecule has 0 amide bonds. The van der Waals surface area contributed by atoms with Crippen molar-refractivity contribution in [2.75, 3.05) is 4.90 Å². The molecular weight excluding hydrogens is 679 g/mol. The number of para-hydroxylation sites is 2. The van der Waals surface area contributed by atoms with Crippen molar-refractivity contribution in [1.29, 1.82) is 0 Å². The first-order valence-electron chi connectivity index (χ1n) is 19.1. The van der Waals surface area contributed by atoms with Gasteiger partial charge in [0.1, 0.15) is 11.2 Å². The van der Waals surface area contributed by atoms with E-state index in [0.29, 0.717) is 0 Å². The Bertz CT molecular complexity index is 2960. The molecule has 0 aliphatic carbocycles. The summed E-state index contributed by atoms with van der Waals surface area (Å²) in [7, 11) is 0. The zero-order chi connectivity index (χ0) is 37.3. The molecule has 0 aliphatic heterocycles. The van der Waals surface area contributed by atoms with E-state index in [2.05, 4.69) is 217 Å². The van der Waals surface area contributed by atoms with E-state index < -0.39 is 0 Å². The number of nitrogens with zero attached hydrogens (tertiary/aromatic N) is 1. The largest absolute Gasteiger partial charge is 0.456 e. The summed E-state index contributed by atoms with van der Waals surface area (Å²) in [6.07, 6.45) is 0. The van der Waals surface area contributed by atoms with Crippen molar-refractivity contribution in [3.05, 3.63) is 224 Å². The predicted molar refractivity (Wildman–Crippen MR) is 236 cm³/mol. The molecule has 10 rings (SSSR count). The summed E-state index contributed by atoms with van der Waals surface area (Å²) >= 11 is 0. The monoisotopic (exact) mass is 715 g/mol. The van der Waals surface area contributed by atoms with Crippen LogP contribution in [0.1, 0.15) is 0 Å². The second-order valence-corrected chi connectivity index (χ2v) is 14.1. The topological polar surface area (TPSA) is 16.4 Å². The fraction of sp³-hybridized carbons (Fsp3) is 0. The van der Waals surface area contributed by atoms with Gasteiger partial charge in [0.05, 0.1) is 5.69 Å². The third-order valence-electron chi connectivity index (χ3n) is 10.7. The fourth-order valence-corrected chi connectivity index (χ4v) is 8.03. The van der Waals surface area contributed by atoms with Crippen molar-refractivity contribution in [3.63, 3.8) is 0 Å². The normalized spacial score (nSPS) is 11.2. The summed E-state index contributed by atoms with van der Waals surface area (Å²) in [6.45, 7) is 0. The van der Waals surface area contributed by atoms with Crippen molar-refractivity contribution in [3.8, 4) is 55.6 Å². The van der Waals surface area contributed by atoms with Crippen LogP contribution in [0.15, 0.2) is 229 Å². The molecule has 0 saturated heterocycles. The van der Waals surface area contributed by atoms with Crippen LogP contribution in [0.5, 0.6) is 0 Å². The highest BCUT2D eigenvalue weighted by Crippen LogP contribution is 2.46. The standard InChI is InChI=1S/C54H37NO/c1-3-16-38(17-4-1)41-20-15-21-42(36-41)39-30-32-43(33-31-39)55(44-34-35-51-50-27-12-14-29-53(50)56-54(51)37-44)52-28-13-11-26-49(52)48-25-10-9-24-47(48)46-23-8-7-22-45(46)40-18-5-2-6-19-40/h1-37H. The van der Waals surface area contributed by atoms with E-state index in [4.69, 9.17) is 4.42 Å². The molecule has 0 radical (unpaired) electrons. The lowest BCUT2D eigenvalue weighted by atomic mass is 9.88. The van der Waals surface area contributed by atoms with Gasteiger partial charge in [-0.25, -0.2) is 0 Å². The number of benzene rings is 9. The molecule has 10 aromatic rings. The van der Waals surface area contributed by atoms with Gasteiger partial charge >= 0.3 is 0 Å². The predicted octanol–water partition coefficient (Wildman–Crippen LogP) is 15.4. The average Bonchev–Trinajstić information content (AvgIpc) is 3.66. The molecule has 0 saturated carbocycles. The van der Waals surface area contributed by atoms with E-state index >= 15 is 0 Å². The molecule has 2 nitrogen and oxygen atoms in total. The zero-order valence-corrected chi connectivity index (χ0v) is 30.7. The highest BCUT2D eigenvalue weighted by Gasteiger charge is 2.21. The van der Waals surface area contributed by atoms with Crippen molar-refractivity contribution in [2.24, 2.45) is 0 Å². The Balaban J connectivity index is 1.13. The quantitative estimate of drug-likeness (QED) is 0.156. The van der Waals surface area contributed by atoms with Gasteiger partial charge in [0.15, 0.2) is 0 Å². The number of anilines is 3. The molecular formula is C54H37NO. The van der Waals surface area contributed by atoms with Crippen LogP contribution < -0.4 is 4.90 Å². The summed E-state index contributed by atoms with van der Waals surface area (Å²) < 4.78 is 6.46. The van der Waals surface area contributed by atoms with Gasteiger partial charge in [-0.15, -0.1) is 0 Å². The smallest absolute Gasteiger partial charge is 0.137 e. The first-order chi connectivity index (χ1) is 27.8. The van der Waals surface area contributed by atoms with E-state index in [1.165, 1.54) is 38.9 Å². The van der Waals surface area contributed by atoms with Crippen LogP contribution in [0.3, 0.4) is 0 Å². The van der Waals surface area contributed by atoms with E-state index in [1.54, 1.807) is 0 Å². The highest BCUT2D eigenvalue weighted by atomic mass is 16.3. The number of hydrogen-bond donors (Lipinski definition) is 0. The average molecular weight is 716 g/mol. The second-order valence-electron chi connectivity index (χ2n) is 14.1. The van der Waals surface area contributed by atoms with Crippen molar-refractivity contribution in [2.45, 2.75) is 0 Å². The Morgan fingerprint density at radius 3 is 1.46 bits per heavy atom. The molecule has 0 atom stereocenters. The molecule has 0 aliphatic rings. The van der Waals surface area contributed by atoms with Crippen LogP contribution in [-0.4, -0.2) is 0 Å². The summed E-state index contributed by atoms with van der Waals surface area (Å²) in [4.78, 5) is 2.37. The number of furan rings is 1. The summed E-state index contributed by atoms with van der Waals surface area (Å²) in [6, 6.07) is 80.1. The van der Waals surface area contributed by atoms with Crippen LogP contribution in [0.2, 0.25) is 0 Å². The molecule has 1 heterocycles. The van der Waals surface area contributed by atoms with Crippen molar-refractivity contribution in [1.82, 2.24) is 0 Å². The first-order valence-corrected chi connectivity index (χ1v) is 19.1. The van der Waals surface area contributed by atoms with E-state index in [-0.39, 0.29) is 0 Å². The van der Waals surface area contributed by atoms with Gasteiger partial charge in [0, 0.05) is 33.8 Å². The van der Waals surface area contributed by atoms with Gasteiger partial charge in [0.2, 0.25) is 0 Å². The van der Waals surface area contributed by atoms with Gasteiger partial charge < -0.3 is 9.32 Å². The van der Waals surface area contributed by atoms with E-state index in [9.17, 15) is 0 Å². The third kappa shape index (κ3) is 6.14. The maximum atomic E-state index is 6.46. The van der Waals surface area contributed by atoms with Gasteiger partial charge in [-0.2, -0.15) is 0 Å². The molecule has 1 aromatic heterocycles. The molecule has 9 aromatic carbocycles. The van der Waals surface area contributed by atoms with Crippen LogP contribution in [0.4, 0.5) is 17.1 Å². The molecule has 0 N–H and O–H groups in total. The van der Waals surface area contributed by atoms with Crippen molar-refractivity contribution >= 4 is 39.0 Å². The lowest BCUT2D eigenvalue weighted by Gasteiger charge is -2.28. The Morgan fingerprint density at radius 2 is 0.750 bits per heavy atom. The van der Waals surface area contributed by atoms with Gasteiger partial charge in [-0.05, 0) is 92.5 Å². The number of fused-ring (bicyclic) bond motifs is 3. The van der Waals surface area contributed by atoms with Crippen LogP contribution >= 0.6 is 0 Å². The fourth-order valence-electron chi connectivity index (χ4n) is 8.03. The first kappa shape index (κ1) is 33.2. The minimum Gasteiger partial charge on any atom is -0.456 e. The Labute approximate surface area is 327 Å². The van der Waals surface area contributed by atoms with Crippen molar-refractivity contribution < 1.29 is 4.42 Å². The Hall–Kier alpha value is -7.42.